The summed E-state index contributed by atoms with van der Waals surface area (Å²) in [6.07, 6.45) is 1.09. The molecule has 7 nitrogen and oxygen atoms in total. The van der Waals surface area contributed by atoms with Crippen LogP contribution in [0.1, 0.15) is 19.8 Å². The lowest BCUT2D eigenvalue weighted by molar-refractivity contribution is -0.146. The van der Waals surface area contributed by atoms with Crippen molar-refractivity contribution in [2.24, 2.45) is 5.92 Å². The zero-order chi connectivity index (χ0) is 13.7. The molecule has 18 heavy (non-hydrogen) atoms. The number of carbonyl (C=O) groups is 3. The van der Waals surface area contributed by atoms with Crippen molar-refractivity contribution >= 4 is 18.0 Å². The number of carboxylic acids is 1. The number of urea groups is 1. The SMILES string of the molecule is COC(=O)C1CCN(C(=O)NC(C)C(=O)O)CC1. The summed E-state index contributed by atoms with van der Waals surface area (Å²) in [6.45, 7) is 2.26. The summed E-state index contributed by atoms with van der Waals surface area (Å²) in [5.41, 5.74) is 0. The molecule has 1 atom stereocenters. The second-order valence-electron chi connectivity index (χ2n) is 4.29. The molecule has 0 radical (unpaired) electrons. The van der Waals surface area contributed by atoms with E-state index in [0.29, 0.717) is 25.9 Å². The molecule has 1 saturated heterocycles. The Hall–Kier alpha value is -1.79. The lowest BCUT2D eigenvalue weighted by Gasteiger charge is -2.31. The number of ether oxygens (including phenoxy) is 1. The maximum absolute atomic E-state index is 11.7. The van der Waals surface area contributed by atoms with E-state index in [4.69, 9.17) is 5.11 Å². The molecule has 0 saturated carbocycles. The van der Waals surface area contributed by atoms with Gasteiger partial charge in [-0.1, -0.05) is 0 Å². The molecule has 0 aromatic carbocycles. The fraction of sp³-hybridized carbons (Fsp3) is 0.727. The van der Waals surface area contributed by atoms with Crippen molar-refractivity contribution < 1.29 is 24.2 Å². The third-order valence-electron chi connectivity index (χ3n) is 3.03. The van der Waals surface area contributed by atoms with Crippen LogP contribution in [0.15, 0.2) is 0 Å². The van der Waals surface area contributed by atoms with Gasteiger partial charge >= 0.3 is 18.0 Å². The van der Waals surface area contributed by atoms with Crippen molar-refractivity contribution in [2.75, 3.05) is 20.2 Å². The van der Waals surface area contributed by atoms with E-state index in [0.717, 1.165) is 0 Å². The van der Waals surface area contributed by atoms with E-state index in [2.05, 4.69) is 10.1 Å². The molecule has 0 bridgehead atoms. The van der Waals surface area contributed by atoms with Gasteiger partial charge in [0.15, 0.2) is 0 Å². The summed E-state index contributed by atoms with van der Waals surface area (Å²) in [6, 6.07) is -1.33. The highest BCUT2D eigenvalue weighted by molar-refractivity contribution is 5.82. The van der Waals surface area contributed by atoms with Crippen LogP contribution in [0.5, 0.6) is 0 Å². The number of aliphatic carboxylic acids is 1. The molecule has 0 aliphatic carbocycles. The third kappa shape index (κ3) is 3.61. The molecule has 2 N–H and O–H groups in total. The summed E-state index contributed by atoms with van der Waals surface area (Å²) in [7, 11) is 1.34. The number of esters is 1. The molecule has 1 fully saturated rings. The lowest BCUT2D eigenvalue weighted by atomic mass is 9.97. The van der Waals surface area contributed by atoms with Crippen molar-refractivity contribution in [1.29, 1.82) is 0 Å². The first-order valence-corrected chi connectivity index (χ1v) is 5.81. The van der Waals surface area contributed by atoms with Crippen LogP contribution < -0.4 is 5.32 Å². The fourth-order valence-corrected chi connectivity index (χ4v) is 1.82. The molecule has 1 unspecified atom stereocenters. The van der Waals surface area contributed by atoms with Gasteiger partial charge in [0.25, 0.3) is 0 Å². The van der Waals surface area contributed by atoms with E-state index < -0.39 is 18.0 Å². The van der Waals surface area contributed by atoms with Crippen molar-refractivity contribution in [2.45, 2.75) is 25.8 Å². The molecule has 1 aliphatic heterocycles. The van der Waals surface area contributed by atoms with Gasteiger partial charge in [0, 0.05) is 13.1 Å². The Labute approximate surface area is 105 Å². The maximum Gasteiger partial charge on any atom is 0.325 e. The highest BCUT2D eigenvalue weighted by Gasteiger charge is 2.28. The van der Waals surface area contributed by atoms with Crippen LogP contribution in [-0.2, 0) is 14.3 Å². The number of carboxylic acid groups (broad SMARTS) is 1. The van der Waals surface area contributed by atoms with E-state index in [-0.39, 0.29) is 11.9 Å². The zero-order valence-electron chi connectivity index (χ0n) is 10.5. The van der Waals surface area contributed by atoms with Gasteiger partial charge in [-0.3, -0.25) is 9.59 Å². The summed E-state index contributed by atoms with van der Waals surface area (Å²) in [5.74, 6) is -1.50. The molecule has 1 aliphatic rings. The zero-order valence-corrected chi connectivity index (χ0v) is 10.5. The van der Waals surface area contributed by atoms with Crippen LogP contribution in [0.3, 0.4) is 0 Å². The minimum absolute atomic E-state index is 0.170. The standard InChI is InChI=1S/C11H18N2O5/c1-7(9(14)15)12-11(17)13-5-3-8(4-6-13)10(16)18-2/h7-8H,3-6H2,1-2H3,(H,12,17)(H,14,15). The van der Waals surface area contributed by atoms with Crippen molar-refractivity contribution in [3.05, 3.63) is 0 Å². The van der Waals surface area contributed by atoms with Gasteiger partial charge in [-0.25, -0.2) is 4.79 Å². The number of likely N-dealkylation sites (tertiary alicyclic amines) is 1. The van der Waals surface area contributed by atoms with Crippen molar-refractivity contribution in [1.82, 2.24) is 10.2 Å². The van der Waals surface area contributed by atoms with Crippen LogP contribution >= 0.6 is 0 Å². The number of carbonyl (C=O) groups excluding carboxylic acids is 2. The second-order valence-corrected chi connectivity index (χ2v) is 4.29. The quantitative estimate of drug-likeness (QED) is 0.697. The predicted octanol–water partition coefficient (Wildman–Crippen LogP) is 0.0541. The number of piperidine rings is 1. The minimum Gasteiger partial charge on any atom is -0.480 e. The van der Waals surface area contributed by atoms with E-state index in [1.807, 2.05) is 0 Å². The number of nitrogens with zero attached hydrogens (tertiary/aromatic N) is 1. The number of hydrogen-bond acceptors (Lipinski definition) is 4. The molecular weight excluding hydrogens is 240 g/mol. The number of hydrogen-bond donors (Lipinski definition) is 2. The molecular formula is C11H18N2O5. The average molecular weight is 258 g/mol. The predicted molar refractivity (Wildman–Crippen MR) is 61.9 cm³/mol. The molecule has 102 valence electrons. The number of nitrogens with one attached hydrogen (secondary N) is 1. The normalized spacial score (nSPS) is 18.0. The van der Waals surface area contributed by atoms with E-state index in [1.54, 1.807) is 0 Å². The van der Waals surface area contributed by atoms with E-state index in [9.17, 15) is 14.4 Å². The highest BCUT2D eigenvalue weighted by atomic mass is 16.5. The van der Waals surface area contributed by atoms with Crippen LogP contribution in [0.4, 0.5) is 4.79 Å². The molecule has 0 spiro atoms. The van der Waals surface area contributed by atoms with Crippen molar-refractivity contribution in [3.63, 3.8) is 0 Å². The number of rotatable bonds is 3. The van der Waals surface area contributed by atoms with Crippen LogP contribution in [0.25, 0.3) is 0 Å². The van der Waals surface area contributed by atoms with Gasteiger partial charge < -0.3 is 20.1 Å². The number of methoxy groups -OCH3 is 1. The van der Waals surface area contributed by atoms with Gasteiger partial charge in [-0.15, -0.1) is 0 Å². The first-order valence-electron chi connectivity index (χ1n) is 5.81. The third-order valence-corrected chi connectivity index (χ3v) is 3.03. The number of amides is 2. The summed E-state index contributed by atoms with van der Waals surface area (Å²) >= 11 is 0. The Morgan fingerprint density at radius 3 is 2.33 bits per heavy atom. The van der Waals surface area contributed by atoms with Gasteiger partial charge in [0.1, 0.15) is 6.04 Å². The summed E-state index contributed by atoms with van der Waals surface area (Å²) < 4.78 is 4.65. The van der Waals surface area contributed by atoms with Crippen molar-refractivity contribution in [3.8, 4) is 0 Å². The second kappa shape index (κ2) is 6.23. The van der Waals surface area contributed by atoms with Crippen LogP contribution in [0, 0.1) is 5.92 Å². The molecule has 1 heterocycles. The minimum atomic E-state index is -1.08. The molecule has 0 aromatic heterocycles. The summed E-state index contributed by atoms with van der Waals surface area (Å²) in [4.78, 5) is 35.1. The van der Waals surface area contributed by atoms with E-state index >= 15 is 0 Å². The van der Waals surface area contributed by atoms with Gasteiger partial charge in [0.2, 0.25) is 0 Å². The largest absolute Gasteiger partial charge is 0.480 e. The Balaban J connectivity index is 2.41. The Morgan fingerprint density at radius 2 is 1.89 bits per heavy atom. The highest BCUT2D eigenvalue weighted by Crippen LogP contribution is 2.18. The lowest BCUT2D eigenvalue weighted by Crippen LogP contribution is -2.49. The average Bonchev–Trinajstić information content (AvgIpc) is 2.37. The van der Waals surface area contributed by atoms with Gasteiger partial charge in [0.05, 0.1) is 13.0 Å². The molecule has 2 amide bonds. The Kier molecular flexibility index (Phi) is 4.94. The smallest absolute Gasteiger partial charge is 0.325 e. The van der Waals surface area contributed by atoms with Gasteiger partial charge in [-0.05, 0) is 19.8 Å². The van der Waals surface area contributed by atoms with E-state index in [1.165, 1.54) is 18.9 Å². The molecule has 1 rings (SSSR count). The summed E-state index contributed by atoms with van der Waals surface area (Å²) in [5, 5.41) is 11.1. The topological polar surface area (TPSA) is 95.9 Å². The molecule has 0 aromatic rings. The Bertz CT molecular complexity index is 336. The monoisotopic (exact) mass is 258 g/mol. The maximum atomic E-state index is 11.7. The van der Waals surface area contributed by atoms with Crippen LogP contribution in [-0.4, -0.2) is 54.2 Å². The fourth-order valence-electron chi connectivity index (χ4n) is 1.82. The molecule has 7 heteroatoms. The Morgan fingerprint density at radius 1 is 1.33 bits per heavy atom. The van der Waals surface area contributed by atoms with Gasteiger partial charge in [-0.2, -0.15) is 0 Å². The first kappa shape index (κ1) is 14.3. The first-order chi connectivity index (χ1) is 8.45. The van der Waals surface area contributed by atoms with Crippen LogP contribution in [0.2, 0.25) is 0 Å².